The van der Waals surface area contributed by atoms with E-state index in [9.17, 15) is 9.18 Å². The van der Waals surface area contributed by atoms with E-state index in [-0.39, 0.29) is 30.6 Å². The van der Waals surface area contributed by atoms with Crippen LogP contribution in [0.4, 0.5) is 4.39 Å². The van der Waals surface area contributed by atoms with Crippen molar-refractivity contribution in [3.05, 3.63) is 88.7 Å². The Morgan fingerprint density at radius 3 is 2.65 bits per heavy atom. The Bertz CT molecular complexity index is 1280. The minimum absolute atomic E-state index is 0.0257. The summed E-state index contributed by atoms with van der Waals surface area (Å²) in [6.07, 6.45) is 1.52. The van der Waals surface area contributed by atoms with E-state index in [0.717, 1.165) is 5.39 Å². The van der Waals surface area contributed by atoms with Crippen LogP contribution in [0.2, 0.25) is 5.15 Å². The molecule has 0 spiro atoms. The summed E-state index contributed by atoms with van der Waals surface area (Å²) >= 11 is 6.44. The van der Waals surface area contributed by atoms with Gasteiger partial charge in [0.15, 0.2) is 11.5 Å². The Morgan fingerprint density at radius 1 is 1.06 bits per heavy atom. The van der Waals surface area contributed by atoms with Gasteiger partial charge in [0.05, 0.1) is 23.9 Å². The molecule has 1 aliphatic heterocycles. The standard InChI is InChI=1S/C23H16ClFN2O4/c24-22-15(8-14-9-20-21(31-13-30-20)10-19(14)26-22)11-27(12-16-4-3-7-29-16)23(28)17-5-1-2-6-18(17)25/h1-10H,11-13H2. The van der Waals surface area contributed by atoms with Gasteiger partial charge in [-0.15, -0.1) is 0 Å². The number of fused-ring (bicyclic) bond motifs is 2. The van der Waals surface area contributed by atoms with E-state index in [1.807, 2.05) is 12.1 Å². The van der Waals surface area contributed by atoms with E-state index >= 15 is 0 Å². The number of hydrogen-bond acceptors (Lipinski definition) is 5. The molecule has 0 saturated heterocycles. The molecule has 31 heavy (non-hydrogen) atoms. The number of pyridine rings is 1. The predicted octanol–water partition coefficient (Wildman–Crippen LogP) is 5.19. The Morgan fingerprint density at radius 2 is 1.87 bits per heavy atom. The highest BCUT2D eigenvalue weighted by Gasteiger charge is 2.23. The molecular formula is C23H16ClFN2O4. The molecule has 156 valence electrons. The van der Waals surface area contributed by atoms with Crippen LogP contribution < -0.4 is 9.47 Å². The lowest BCUT2D eigenvalue weighted by Gasteiger charge is -2.23. The van der Waals surface area contributed by atoms with E-state index < -0.39 is 11.7 Å². The van der Waals surface area contributed by atoms with Crippen LogP contribution in [0.1, 0.15) is 21.7 Å². The molecule has 0 bridgehead atoms. The van der Waals surface area contributed by atoms with Gasteiger partial charge >= 0.3 is 0 Å². The quantitative estimate of drug-likeness (QED) is 0.401. The van der Waals surface area contributed by atoms with Crippen LogP contribution in [0.5, 0.6) is 11.5 Å². The van der Waals surface area contributed by atoms with Gasteiger partial charge in [-0.3, -0.25) is 4.79 Å². The maximum atomic E-state index is 14.3. The molecule has 8 heteroatoms. The van der Waals surface area contributed by atoms with Gasteiger partial charge < -0.3 is 18.8 Å². The minimum atomic E-state index is -0.590. The van der Waals surface area contributed by atoms with Crippen molar-refractivity contribution in [3.63, 3.8) is 0 Å². The average Bonchev–Trinajstić information content (AvgIpc) is 3.43. The molecule has 0 unspecified atom stereocenters. The number of halogens is 2. The zero-order valence-corrected chi connectivity index (χ0v) is 16.9. The van der Waals surface area contributed by atoms with E-state index in [2.05, 4.69) is 4.98 Å². The van der Waals surface area contributed by atoms with Crippen LogP contribution in [0, 0.1) is 5.82 Å². The van der Waals surface area contributed by atoms with Gasteiger partial charge in [-0.25, -0.2) is 9.37 Å². The van der Waals surface area contributed by atoms with Crippen molar-refractivity contribution < 1.29 is 23.1 Å². The molecule has 1 aliphatic rings. The molecule has 0 fully saturated rings. The Hall–Kier alpha value is -3.58. The number of aromatic nitrogens is 1. The predicted molar refractivity (Wildman–Crippen MR) is 112 cm³/mol. The van der Waals surface area contributed by atoms with E-state index in [0.29, 0.717) is 28.3 Å². The lowest BCUT2D eigenvalue weighted by atomic mass is 10.1. The second-order valence-electron chi connectivity index (χ2n) is 7.06. The molecule has 0 atom stereocenters. The second kappa shape index (κ2) is 7.92. The lowest BCUT2D eigenvalue weighted by Crippen LogP contribution is -2.30. The first-order chi connectivity index (χ1) is 15.1. The summed E-state index contributed by atoms with van der Waals surface area (Å²) in [4.78, 5) is 19.1. The third-order valence-electron chi connectivity index (χ3n) is 5.01. The van der Waals surface area contributed by atoms with Crippen molar-refractivity contribution in [2.24, 2.45) is 0 Å². The molecule has 0 saturated carbocycles. The molecule has 0 N–H and O–H groups in total. The highest BCUT2D eigenvalue weighted by Crippen LogP contribution is 2.36. The van der Waals surface area contributed by atoms with Crippen molar-refractivity contribution in [1.82, 2.24) is 9.88 Å². The molecule has 0 aliphatic carbocycles. The van der Waals surface area contributed by atoms with Gasteiger partial charge in [-0.1, -0.05) is 23.7 Å². The van der Waals surface area contributed by atoms with Gasteiger partial charge in [0.1, 0.15) is 16.7 Å². The maximum absolute atomic E-state index is 14.3. The minimum Gasteiger partial charge on any atom is -0.467 e. The Labute approximate surface area is 181 Å². The fourth-order valence-corrected chi connectivity index (χ4v) is 3.70. The third kappa shape index (κ3) is 3.80. The zero-order chi connectivity index (χ0) is 21.4. The number of furan rings is 1. The molecule has 2 aromatic heterocycles. The maximum Gasteiger partial charge on any atom is 0.257 e. The average molecular weight is 439 g/mol. The van der Waals surface area contributed by atoms with Crippen LogP contribution >= 0.6 is 11.6 Å². The van der Waals surface area contributed by atoms with Crippen molar-refractivity contribution in [3.8, 4) is 11.5 Å². The Balaban J connectivity index is 1.52. The summed E-state index contributed by atoms with van der Waals surface area (Å²) in [5, 5.41) is 1.04. The summed E-state index contributed by atoms with van der Waals surface area (Å²) in [6, 6.07) is 14.8. The van der Waals surface area contributed by atoms with Crippen LogP contribution in [-0.2, 0) is 13.1 Å². The van der Waals surface area contributed by atoms with Crippen LogP contribution in [0.25, 0.3) is 10.9 Å². The number of carbonyl (C=O) groups is 1. The van der Waals surface area contributed by atoms with Crippen LogP contribution in [0.15, 0.2) is 65.3 Å². The molecule has 4 aromatic rings. The Kier molecular flexibility index (Phi) is 4.95. The van der Waals surface area contributed by atoms with Gasteiger partial charge in [0.2, 0.25) is 6.79 Å². The number of benzene rings is 2. The van der Waals surface area contributed by atoms with Gasteiger partial charge in [-0.2, -0.15) is 0 Å². The van der Waals surface area contributed by atoms with E-state index in [4.69, 9.17) is 25.5 Å². The van der Waals surface area contributed by atoms with E-state index in [1.165, 1.54) is 29.4 Å². The molecular weight excluding hydrogens is 423 g/mol. The number of nitrogens with zero attached hydrogens (tertiary/aromatic N) is 2. The fraction of sp³-hybridized carbons (Fsp3) is 0.130. The highest BCUT2D eigenvalue weighted by atomic mass is 35.5. The van der Waals surface area contributed by atoms with E-state index in [1.54, 1.807) is 24.3 Å². The highest BCUT2D eigenvalue weighted by molar-refractivity contribution is 6.30. The summed E-state index contributed by atoms with van der Waals surface area (Å²) in [6.45, 7) is 0.417. The lowest BCUT2D eigenvalue weighted by molar-refractivity contribution is 0.0713. The van der Waals surface area contributed by atoms with Gasteiger partial charge in [0, 0.05) is 23.6 Å². The molecule has 6 nitrogen and oxygen atoms in total. The third-order valence-corrected chi connectivity index (χ3v) is 5.34. The normalized spacial score (nSPS) is 12.3. The second-order valence-corrected chi connectivity index (χ2v) is 7.41. The van der Waals surface area contributed by atoms with Crippen molar-refractivity contribution >= 4 is 28.4 Å². The zero-order valence-electron chi connectivity index (χ0n) is 16.2. The van der Waals surface area contributed by atoms with Gasteiger partial charge in [-0.05, 0) is 36.4 Å². The molecule has 3 heterocycles. The smallest absolute Gasteiger partial charge is 0.257 e. The van der Waals surface area contributed by atoms with Crippen molar-refractivity contribution in [2.75, 3.05) is 6.79 Å². The number of rotatable bonds is 5. The number of carbonyl (C=O) groups excluding carboxylic acids is 1. The number of hydrogen-bond donors (Lipinski definition) is 0. The first-order valence-electron chi connectivity index (χ1n) is 9.53. The molecule has 5 rings (SSSR count). The summed E-state index contributed by atoms with van der Waals surface area (Å²) in [7, 11) is 0. The first-order valence-corrected chi connectivity index (χ1v) is 9.91. The van der Waals surface area contributed by atoms with Crippen molar-refractivity contribution in [2.45, 2.75) is 13.1 Å². The molecule has 1 amide bonds. The summed E-state index contributed by atoms with van der Waals surface area (Å²) < 4.78 is 30.5. The first kappa shape index (κ1) is 19.4. The van der Waals surface area contributed by atoms with Gasteiger partial charge in [0.25, 0.3) is 5.91 Å². The van der Waals surface area contributed by atoms with Crippen LogP contribution in [0.3, 0.4) is 0 Å². The monoisotopic (exact) mass is 438 g/mol. The largest absolute Gasteiger partial charge is 0.467 e. The molecule has 2 aromatic carbocycles. The number of amides is 1. The van der Waals surface area contributed by atoms with Crippen molar-refractivity contribution in [1.29, 1.82) is 0 Å². The number of ether oxygens (including phenoxy) is 2. The summed E-state index contributed by atoms with van der Waals surface area (Å²) in [5.41, 5.74) is 1.24. The SMILES string of the molecule is O=C(c1ccccc1F)N(Cc1ccco1)Cc1cc2cc3c(cc2nc1Cl)OCO3. The summed E-state index contributed by atoms with van der Waals surface area (Å²) in [5.74, 6) is 0.733. The van der Waals surface area contributed by atoms with Crippen LogP contribution in [-0.4, -0.2) is 22.6 Å². The fourth-order valence-electron chi connectivity index (χ4n) is 3.50. The molecule has 0 radical (unpaired) electrons. The topological polar surface area (TPSA) is 64.8 Å².